The number of carboxylic acids is 2. The summed E-state index contributed by atoms with van der Waals surface area (Å²) in [4.78, 5) is 49.2. The van der Waals surface area contributed by atoms with E-state index in [4.69, 9.17) is 4.74 Å². The molecule has 8 unspecified atom stereocenters. The lowest BCUT2D eigenvalue weighted by atomic mass is 9.81. The predicted molar refractivity (Wildman–Crippen MR) is 98.1 cm³/mol. The van der Waals surface area contributed by atoms with E-state index in [1.807, 2.05) is 0 Å². The van der Waals surface area contributed by atoms with Crippen molar-refractivity contribution in [2.24, 2.45) is 35.5 Å². The lowest BCUT2D eigenvalue weighted by Crippen LogP contribution is -2.53. The molecule has 0 heterocycles. The van der Waals surface area contributed by atoms with Crippen molar-refractivity contribution in [1.82, 2.24) is 0 Å². The fourth-order valence-electron chi connectivity index (χ4n) is 5.18. The molecule has 144 valence electrons. The van der Waals surface area contributed by atoms with Gasteiger partial charge in [-0.25, -0.2) is 9.59 Å². The fourth-order valence-corrected chi connectivity index (χ4v) is 7.09. The number of alkyl halides is 2. The highest BCUT2D eigenvalue weighted by atomic mass is 79.9. The summed E-state index contributed by atoms with van der Waals surface area (Å²) in [7, 11) is 0. The molecule has 0 aliphatic heterocycles. The van der Waals surface area contributed by atoms with Gasteiger partial charge in [0, 0.05) is 11.8 Å². The Labute approximate surface area is 171 Å². The molecule has 0 radical (unpaired) electrons. The van der Waals surface area contributed by atoms with E-state index in [0.717, 1.165) is 0 Å². The highest BCUT2D eigenvalue weighted by molar-refractivity contribution is 9.10. The van der Waals surface area contributed by atoms with Crippen LogP contribution in [0.2, 0.25) is 0 Å². The summed E-state index contributed by atoms with van der Waals surface area (Å²) in [6.45, 7) is 0. The SMILES string of the molecule is O=C(O)C1C2C=CC(C2)C1(Br)C(=O)OC(=O)C1(Br)C2C=CC(C2)C1C(=O)O. The Morgan fingerprint density at radius 1 is 0.778 bits per heavy atom. The van der Waals surface area contributed by atoms with Crippen LogP contribution < -0.4 is 0 Å². The molecule has 4 rings (SSSR count). The maximum Gasteiger partial charge on any atom is 0.332 e. The highest BCUT2D eigenvalue weighted by Crippen LogP contribution is 2.58. The molecule has 7 nitrogen and oxygen atoms in total. The second kappa shape index (κ2) is 6.01. The molecule has 4 aliphatic rings. The van der Waals surface area contributed by atoms with Gasteiger partial charge in [0.1, 0.15) is 8.65 Å². The smallest absolute Gasteiger partial charge is 0.332 e. The van der Waals surface area contributed by atoms with Crippen molar-refractivity contribution < 1.29 is 34.1 Å². The van der Waals surface area contributed by atoms with E-state index < -0.39 is 56.2 Å². The summed E-state index contributed by atoms with van der Waals surface area (Å²) in [6.07, 6.45) is 8.02. The molecular weight excluding hydrogens is 488 g/mol. The van der Waals surface area contributed by atoms with Crippen molar-refractivity contribution in [1.29, 1.82) is 0 Å². The van der Waals surface area contributed by atoms with Gasteiger partial charge in [-0.3, -0.25) is 9.59 Å². The Balaban J connectivity index is 1.61. The van der Waals surface area contributed by atoms with E-state index >= 15 is 0 Å². The molecule has 2 saturated carbocycles. The highest BCUT2D eigenvalue weighted by Gasteiger charge is 2.67. The van der Waals surface area contributed by atoms with Crippen molar-refractivity contribution in [3.8, 4) is 0 Å². The number of hydrogen-bond donors (Lipinski definition) is 2. The Bertz CT molecular complexity index is 755. The van der Waals surface area contributed by atoms with Crippen LogP contribution in [0.25, 0.3) is 0 Å². The molecule has 4 bridgehead atoms. The number of rotatable bonds is 4. The molecule has 0 spiro atoms. The standard InChI is InChI=1S/C18H16Br2O7/c19-17(9-3-1-7(5-9)11(17)13(21)22)15(25)27-16(26)18(20)10-4-2-8(6-10)12(18)14(23)24/h1-4,7-12H,5-6H2,(H,21,22)(H,23,24). The van der Waals surface area contributed by atoms with Crippen LogP contribution in [0.15, 0.2) is 24.3 Å². The fraction of sp³-hybridized carbons (Fsp3) is 0.556. The minimum Gasteiger partial charge on any atom is -0.481 e. The van der Waals surface area contributed by atoms with Gasteiger partial charge in [0.15, 0.2) is 0 Å². The van der Waals surface area contributed by atoms with Crippen molar-refractivity contribution in [2.75, 3.05) is 0 Å². The zero-order chi connectivity index (χ0) is 19.7. The number of fused-ring (bicyclic) bond motifs is 4. The summed E-state index contributed by atoms with van der Waals surface area (Å²) in [5, 5.41) is 19.1. The van der Waals surface area contributed by atoms with Crippen LogP contribution in [-0.2, 0) is 23.9 Å². The first kappa shape index (κ1) is 18.9. The maximum absolute atomic E-state index is 12.9. The lowest BCUT2D eigenvalue weighted by molar-refractivity contribution is -0.169. The van der Waals surface area contributed by atoms with Crippen molar-refractivity contribution in [2.45, 2.75) is 21.5 Å². The van der Waals surface area contributed by atoms with Gasteiger partial charge >= 0.3 is 23.9 Å². The molecule has 2 fully saturated rings. The van der Waals surface area contributed by atoms with Gasteiger partial charge in [-0.2, -0.15) is 0 Å². The van der Waals surface area contributed by atoms with E-state index in [1.54, 1.807) is 24.3 Å². The monoisotopic (exact) mass is 502 g/mol. The summed E-state index contributed by atoms with van der Waals surface area (Å²) in [5.74, 6) is -7.77. The summed E-state index contributed by atoms with van der Waals surface area (Å²) >= 11 is 6.54. The number of carbonyl (C=O) groups is 4. The van der Waals surface area contributed by atoms with E-state index in [-0.39, 0.29) is 11.8 Å². The average Bonchev–Trinajstić information content (AvgIpc) is 3.32. The summed E-state index contributed by atoms with van der Waals surface area (Å²) in [6, 6.07) is 0. The van der Waals surface area contributed by atoms with Crippen LogP contribution in [0.1, 0.15) is 12.8 Å². The Kier molecular flexibility index (Phi) is 4.20. The van der Waals surface area contributed by atoms with Crippen molar-refractivity contribution >= 4 is 55.7 Å². The zero-order valence-corrected chi connectivity index (χ0v) is 17.1. The Morgan fingerprint density at radius 3 is 1.48 bits per heavy atom. The van der Waals surface area contributed by atoms with E-state index in [1.165, 1.54) is 0 Å². The molecule has 0 aromatic rings. The normalized spacial score (nSPS) is 46.0. The topological polar surface area (TPSA) is 118 Å². The number of ether oxygens (including phenoxy) is 1. The Hall–Kier alpha value is -1.48. The minimum atomic E-state index is -1.54. The maximum atomic E-state index is 12.9. The third-order valence-electron chi connectivity index (χ3n) is 6.42. The van der Waals surface area contributed by atoms with Crippen LogP contribution in [0.4, 0.5) is 0 Å². The van der Waals surface area contributed by atoms with E-state index in [0.29, 0.717) is 12.8 Å². The van der Waals surface area contributed by atoms with Crippen LogP contribution >= 0.6 is 31.9 Å². The number of allylic oxidation sites excluding steroid dienone is 4. The molecule has 8 atom stereocenters. The van der Waals surface area contributed by atoms with Gasteiger partial charge in [0.25, 0.3) is 0 Å². The average molecular weight is 504 g/mol. The first-order valence-corrected chi connectivity index (χ1v) is 10.2. The number of hydrogen-bond acceptors (Lipinski definition) is 5. The molecule has 0 aromatic heterocycles. The molecule has 0 amide bonds. The largest absolute Gasteiger partial charge is 0.481 e. The van der Waals surface area contributed by atoms with Crippen LogP contribution in [0.5, 0.6) is 0 Å². The third-order valence-corrected chi connectivity index (χ3v) is 9.23. The summed E-state index contributed by atoms with van der Waals surface area (Å²) < 4.78 is 2.05. The number of carbonyl (C=O) groups excluding carboxylic acids is 2. The van der Waals surface area contributed by atoms with Gasteiger partial charge in [-0.05, 0) is 24.7 Å². The van der Waals surface area contributed by atoms with Crippen molar-refractivity contribution in [3.05, 3.63) is 24.3 Å². The molecule has 0 saturated heterocycles. The number of aliphatic carboxylic acids is 2. The van der Waals surface area contributed by atoms with Gasteiger partial charge in [-0.1, -0.05) is 56.2 Å². The number of carboxylic acid groups (broad SMARTS) is 2. The molecular formula is C18H16Br2O7. The molecule has 27 heavy (non-hydrogen) atoms. The van der Waals surface area contributed by atoms with Crippen molar-refractivity contribution in [3.63, 3.8) is 0 Å². The zero-order valence-electron chi connectivity index (χ0n) is 13.9. The van der Waals surface area contributed by atoms with Gasteiger partial charge < -0.3 is 14.9 Å². The molecule has 2 N–H and O–H groups in total. The van der Waals surface area contributed by atoms with Crippen LogP contribution in [-0.4, -0.2) is 42.7 Å². The van der Waals surface area contributed by atoms with Crippen LogP contribution in [0.3, 0.4) is 0 Å². The lowest BCUT2D eigenvalue weighted by Gasteiger charge is -2.35. The molecule has 4 aliphatic carbocycles. The first-order valence-electron chi connectivity index (χ1n) is 8.58. The number of esters is 2. The first-order chi connectivity index (χ1) is 12.6. The molecule has 0 aromatic carbocycles. The third kappa shape index (κ3) is 2.36. The predicted octanol–water partition coefficient (Wildman–Crippen LogP) is 2.14. The summed E-state index contributed by atoms with van der Waals surface area (Å²) in [5.41, 5.74) is 0. The quantitative estimate of drug-likeness (QED) is 0.261. The van der Waals surface area contributed by atoms with E-state index in [2.05, 4.69) is 31.9 Å². The van der Waals surface area contributed by atoms with Gasteiger partial charge in [0.05, 0.1) is 11.8 Å². The number of halogens is 2. The molecule has 9 heteroatoms. The van der Waals surface area contributed by atoms with E-state index in [9.17, 15) is 29.4 Å². The minimum absolute atomic E-state index is 0.315. The van der Waals surface area contributed by atoms with Crippen LogP contribution in [0, 0.1) is 35.5 Å². The van der Waals surface area contributed by atoms with Gasteiger partial charge in [0.2, 0.25) is 0 Å². The second-order valence-corrected chi connectivity index (χ2v) is 10.3. The Morgan fingerprint density at radius 2 is 1.15 bits per heavy atom. The second-order valence-electron chi connectivity index (χ2n) is 7.63. The van der Waals surface area contributed by atoms with Gasteiger partial charge in [-0.15, -0.1) is 0 Å².